The highest BCUT2D eigenvalue weighted by atomic mass is 35.5. The highest BCUT2D eigenvalue weighted by Gasteiger charge is 2.21. The number of benzene rings is 2. The molecule has 0 aliphatic heterocycles. The molecule has 0 bridgehead atoms. The molecule has 7 nitrogen and oxygen atoms in total. The second-order valence-corrected chi connectivity index (χ2v) is 7.71. The molecule has 9 heteroatoms. The van der Waals surface area contributed by atoms with Crippen LogP contribution in [0.2, 0.25) is 5.02 Å². The fourth-order valence-corrected chi connectivity index (χ4v) is 3.16. The lowest BCUT2D eigenvalue weighted by Gasteiger charge is -2.22. The lowest BCUT2D eigenvalue weighted by atomic mass is 10.2. The molecule has 0 heterocycles. The topological polar surface area (TPSA) is 92.8 Å². The van der Waals surface area contributed by atoms with Gasteiger partial charge in [-0.1, -0.05) is 17.7 Å². The number of ether oxygens (including phenoxy) is 1. The van der Waals surface area contributed by atoms with Gasteiger partial charge in [0.25, 0.3) is 0 Å². The molecule has 0 aromatic heterocycles. The Hall–Kier alpha value is -2.58. The molecule has 2 rings (SSSR count). The van der Waals surface area contributed by atoms with Gasteiger partial charge < -0.3 is 10.1 Å². The summed E-state index contributed by atoms with van der Waals surface area (Å²) < 4.78 is 29.7. The van der Waals surface area contributed by atoms with Crippen molar-refractivity contribution in [2.24, 2.45) is 0 Å². The van der Waals surface area contributed by atoms with Crippen molar-refractivity contribution in [3.8, 4) is 0 Å². The van der Waals surface area contributed by atoms with E-state index in [4.69, 9.17) is 11.6 Å². The summed E-state index contributed by atoms with van der Waals surface area (Å²) in [4.78, 5) is 23.8. The number of hydrogen-bond acceptors (Lipinski definition) is 5. The molecule has 26 heavy (non-hydrogen) atoms. The predicted octanol–water partition coefficient (Wildman–Crippen LogP) is 2.53. The molecule has 1 N–H and O–H groups in total. The van der Waals surface area contributed by atoms with Crippen LogP contribution in [0.15, 0.2) is 48.5 Å². The minimum Gasteiger partial charge on any atom is -0.465 e. The van der Waals surface area contributed by atoms with E-state index >= 15 is 0 Å². The third-order valence-electron chi connectivity index (χ3n) is 3.37. The van der Waals surface area contributed by atoms with Gasteiger partial charge in [0, 0.05) is 10.7 Å². The maximum absolute atomic E-state index is 12.3. The first kappa shape index (κ1) is 19.7. The molecule has 138 valence electrons. The summed E-state index contributed by atoms with van der Waals surface area (Å²) in [6, 6.07) is 12.2. The van der Waals surface area contributed by atoms with E-state index in [1.54, 1.807) is 12.1 Å². The van der Waals surface area contributed by atoms with Crippen molar-refractivity contribution >= 4 is 44.9 Å². The summed E-state index contributed by atoms with van der Waals surface area (Å²) in [7, 11) is -2.43. The maximum atomic E-state index is 12.3. The molecule has 0 saturated carbocycles. The first-order valence-corrected chi connectivity index (χ1v) is 9.65. The second kappa shape index (κ2) is 8.20. The van der Waals surface area contributed by atoms with E-state index in [9.17, 15) is 18.0 Å². The average Bonchev–Trinajstić information content (AvgIpc) is 2.59. The van der Waals surface area contributed by atoms with Crippen LogP contribution in [-0.4, -0.2) is 40.2 Å². The van der Waals surface area contributed by atoms with E-state index in [0.29, 0.717) is 16.4 Å². The van der Waals surface area contributed by atoms with Crippen LogP contribution in [0.5, 0.6) is 0 Å². The van der Waals surface area contributed by atoms with Crippen LogP contribution in [-0.2, 0) is 19.6 Å². The van der Waals surface area contributed by atoms with E-state index in [0.717, 1.165) is 10.6 Å². The molecule has 0 unspecified atom stereocenters. The minimum absolute atomic E-state index is 0.267. The van der Waals surface area contributed by atoms with Crippen LogP contribution in [0.1, 0.15) is 10.4 Å². The van der Waals surface area contributed by atoms with Crippen molar-refractivity contribution in [3.63, 3.8) is 0 Å². The van der Waals surface area contributed by atoms with Crippen LogP contribution in [0.25, 0.3) is 0 Å². The van der Waals surface area contributed by atoms with Gasteiger partial charge in [-0.2, -0.15) is 0 Å². The quantitative estimate of drug-likeness (QED) is 0.757. The zero-order chi connectivity index (χ0) is 19.3. The summed E-state index contributed by atoms with van der Waals surface area (Å²) in [5.41, 5.74) is 0.931. The molecule has 0 aliphatic rings. The second-order valence-electron chi connectivity index (χ2n) is 5.37. The molecular formula is C17H17ClN2O5S. The molecule has 0 atom stereocenters. The maximum Gasteiger partial charge on any atom is 0.337 e. The van der Waals surface area contributed by atoms with Crippen molar-refractivity contribution in [1.29, 1.82) is 0 Å². The monoisotopic (exact) mass is 396 g/mol. The van der Waals surface area contributed by atoms with Gasteiger partial charge in [-0.25, -0.2) is 13.2 Å². The Bertz CT molecular complexity index is 913. The van der Waals surface area contributed by atoms with Crippen molar-refractivity contribution in [2.75, 3.05) is 29.5 Å². The molecule has 2 aromatic carbocycles. The smallest absolute Gasteiger partial charge is 0.337 e. The summed E-state index contributed by atoms with van der Waals surface area (Å²) in [6.07, 6.45) is 1.01. The van der Waals surface area contributed by atoms with E-state index in [1.165, 1.54) is 43.5 Å². The number of amides is 1. The van der Waals surface area contributed by atoms with Crippen molar-refractivity contribution < 1.29 is 22.7 Å². The molecular weight excluding hydrogens is 380 g/mol. The Balaban J connectivity index is 2.18. The van der Waals surface area contributed by atoms with Crippen LogP contribution < -0.4 is 9.62 Å². The van der Waals surface area contributed by atoms with Crippen LogP contribution in [0.4, 0.5) is 11.4 Å². The number of methoxy groups -OCH3 is 1. The Kier molecular flexibility index (Phi) is 6.23. The van der Waals surface area contributed by atoms with E-state index < -0.39 is 28.4 Å². The Morgan fingerprint density at radius 1 is 1.15 bits per heavy atom. The number of esters is 1. The van der Waals surface area contributed by atoms with Crippen LogP contribution in [0.3, 0.4) is 0 Å². The lowest BCUT2D eigenvalue weighted by molar-refractivity contribution is -0.114. The normalized spacial score (nSPS) is 10.9. The number of carbonyl (C=O) groups excluding carboxylic acids is 2. The summed E-state index contributed by atoms with van der Waals surface area (Å²) in [6.45, 7) is -0.428. The van der Waals surface area contributed by atoms with Crippen molar-refractivity contribution in [3.05, 3.63) is 59.1 Å². The van der Waals surface area contributed by atoms with E-state index in [2.05, 4.69) is 10.1 Å². The first-order chi connectivity index (χ1) is 12.2. The molecule has 0 radical (unpaired) electrons. The van der Waals surface area contributed by atoms with Gasteiger partial charge in [0.2, 0.25) is 15.9 Å². The average molecular weight is 397 g/mol. The van der Waals surface area contributed by atoms with Gasteiger partial charge in [0.05, 0.1) is 24.6 Å². The molecule has 0 spiro atoms. The number of halogens is 1. The largest absolute Gasteiger partial charge is 0.465 e. The summed E-state index contributed by atoms with van der Waals surface area (Å²) in [5, 5.41) is 3.02. The van der Waals surface area contributed by atoms with Crippen molar-refractivity contribution in [1.82, 2.24) is 0 Å². The molecule has 0 saturated heterocycles. The zero-order valence-corrected chi connectivity index (χ0v) is 15.7. The van der Waals surface area contributed by atoms with Crippen molar-refractivity contribution in [2.45, 2.75) is 0 Å². The SMILES string of the molecule is COC(=O)c1cccc(NC(=O)CN(c2ccc(Cl)cc2)S(C)(=O)=O)c1. The van der Waals surface area contributed by atoms with E-state index in [1.807, 2.05) is 0 Å². The number of sulfonamides is 1. The molecule has 0 fully saturated rings. The van der Waals surface area contributed by atoms with Gasteiger partial charge in [-0.3, -0.25) is 9.10 Å². The fraction of sp³-hybridized carbons (Fsp3) is 0.176. The minimum atomic E-state index is -3.69. The third-order valence-corrected chi connectivity index (χ3v) is 4.76. The molecule has 0 aliphatic carbocycles. The Morgan fingerprint density at radius 3 is 2.38 bits per heavy atom. The number of anilines is 2. The van der Waals surface area contributed by atoms with Gasteiger partial charge in [-0.05, 0) is 42.5 Å². The summed E-state index contributed by atoms with van der Waals surface area (Å²) >= 11 is 5.81. The standard InChI is InChI=1S/C17H17ClN2O5S/c1-25-17(22)12-4-3-5-14(10-12)19-16(21)11-20(26(2,23)24)15-8-6-13(18)7-9-15/h3-10H,11H2,1-2H3,(H,19,21). The summed E-state index contributed by atoms with van der Waals surface area (Å²) in [5.74, 6) is -1.10. The van der Waals surface area contributed by atoms with Gasteiger partial charge in [0.1, 0.15) is 6.54 Å². The zero-order valence-electron chi connectivity index (χ0n) is 14.1. The van der Waals surface area contributed by atoms with E-state index in [-0.39, 0.29) is 5.56 Å². The Labute approximate surface area is 156 Å². The first-order valence-electron chi connectivity index (χ1n) is 7.42. The molecule has 2 aromatic rings. The number of nitrogens with zero attached hydrogens (tertiary/aromatic N) is 1. The number of rotatable bonds is 6. The van der Waals surface area contributed by atoms with Gasteiger partial charge in [-0.15, -0.1) is 0 Å². The lowest BCUT2D eigenvalue weighted by Crippen LogP contribution is -2.37. The third kappa shape index (κ3) is 5.21. The highest BCUT2D eigenvalue weighted by Crippen LogP contribution is 2.20. The number of carbonyl (C=O) groups is 2. The Morgan fingerprint density at radius 2 is 1.81 bits per heavy atom. The molecule has 1 amide bonds. The fourth-order valence-electron chi connectivity index (χ4n) is 2.18. The predicted molar refractivity (Wildman–Crippen MR) is 100 cm³/mol. The van der Waals surface area contributed by atoms with Gasteiger partial charge in [0.15, 0.2) is 0 Å². The highest BCUT2D eigenvalue weighted by molar-refractivity contribution is 7.92. The van der Waals surface area contributed by atoms with Crippen LogP contribution >= 0.6 is 11.6 Å². The number of nitrogens with one attached hydrogen (secondary N) is 1. The van der Waals surface area contributed by atoms with Crippen LogP contribution in [0, 0.1) is 0 Å². The number of hydrogen-bond donors (Lipinski definition) is 1. The van der Waals surface area contributed by atoms with Gasteiger partial charge >= 0.3 is 5.97 Å².